The summed E-state index contributed by atoms with van der Waals surface area (Å²) >= 11 is 1.45. The van der Waals surface area contributed by atoms with Crippen LogP contribution in [0.1, 0.15) is 20.3 Å². The predicted molar refractivity (Wildman–Crippen MR) is 104 cm³/mol. The van der Waals surface area contributed by atoms with Gasteiger partial charge in [-0.05, 0) is 13.3 Å². The SMILES string of the molecule is C[C@@H](O)[C@H]1C(=O)N2C(C(=O)O)=C(S[C@@H]3CN[C@H](CN4CCOS4(=O)=O)C3)[C@H](C)[C@H]12. The third-order valence-corrected chi connectivity index (χ3v) is 9.04. The summed E-state index contributed by atoms with van der Waals surface area (Å²) in [6.45, 7) is 4.88. The van der Waals surface area contributed by atoms with Gasteiger partial charge in [0.05, 0.1) is 24.7 Å². The minimum Gasteiger partial charge on any atom is -0.477 e. The third-order valence-electron chi connectivity index (χ3n) is 6.10. The van der Waals surface area contributed by atoms with Crippen LogP contribution in [0.2, 0.25) is 0 Å². The Balaban J connectivity index is 1.45. The quantitative estimate of drug-likeness (QED) is 0.446. The van der Waals surface area contributed by atoms with E-state index in [0.717, 1.165) is 0 Å². The molecule has 4 heterocycles. The molecule has 3 N–H and O–H groups in total. The Morgan fingerprint density at radius 1 is 1.45 bits per heavy atom. The van der Waals surface area contributed by atoms with Gasteiger partial charge in [0.25, 0.3) is 0 Å². The summed E-state index contributed by atoms with van der Waals surface area (Å²) < 4.78 is 29.7. The van der Waals surface area contributed by atoms with Crippen molar-refractivity contribution < 1.29 is 32.4 Å². The summed E-state index contributed by atoms with van der Waals surface area (Å²) in [6, 6.07) is -0.369. The highest BCUT2D eigenvalue weighted by atomic mass is 32.2. The van der Waals surface area contributed by atoms with E-state index >= 15 is 0 Å². The standard InChI is InChI=1S/C17H25N3O7S2/c1-8-13-12(9(2)21)16(22)20(13)14(17(23)24)15(8)28-11-5-10(18-6-11)7-19-3-4-27-29(19,25)26/h8-13,18,21H,3-7H2,1-2H3,(H,23,24)/t8-,9-,10+,11+,12-,13-/m1/s1. The van der Waals surface area contributed by atoms with Crippen LogP contribution in [-0.4, -0.2) is 89.4 Å². The number of carboxylic acids is 1. The molecule has 4 aliphatic rings. The molecule has 29 heavy (non-hydrogen) atoms. The summed E-state index contributed by atoms with van der Waals surface area (Å²) in [4.78, 5) is 26.3. The Bertz CT molecular complexity index is 859. The average Bonchev–Trinajstić information content (AvgIpc) is 3.26. The Morgan fingerprint density at radius 3 is 2.76 bits per heavy atom. The van der Waals surface area contributed by atoms with Gasteiger partial charge in [0.2, 0.25) is 5.91 Å². The van der Waals surface area contributed by atoms with E-state index in [1.165, 1.54) is 21.0 Å². The van der Waals surface area contributed by atoms with Gasteiger partial charge >= 0.3 is 16.3 Å². The molecule has 0 aromatic heterocycles. The molecule has 0 bridgehead atoms. The van der Waals surface area contributed by atoms with E-state index in [-0.39, 0.29) is 41.5 Å². The number of carboxylic acid groups (broad SMARTS) is 1. The highest BCUT2D eigenvalue weighted by molar-refractivity contribution is 8.03. The van der Waals surface area contributed by atoms with Gasteiger partial charge in [-0.3, -0.25) is 8.98 Å². The molecule has 10 nitrogen and oxygen atoms in total. The van der Waals surface area contributed by atoms with Crippen LogP contribution in [0.25, 0.3) is 0 Å². The van der Waals surface area contributed by atoms with Crippen molar-refractivity contribution in [1.29, 1.82) is 0 Å². The molecule has 0 aromatic carbocycles. The summed E-state index contributed by atoms with van der Waals surface area (Å²) in [5, 5.41) is 23.0. The molecule has 0 saturated carbocycles. The van der Waals surface area contributed by atoms with Gasteiger partial charge in [-0.15, -0.1) is 11.8 Å². The number of fused-ring (bicyclic) bond motifs is 1. The highest BCUT2D eigenvalue weighted by Crippen LogP contribution is 2.51. The fourth-order valence-corrected chi connectivity index (χ4v) is 7.34. The number of aliphatic carboxylic acids is 1. The maximum absolute atomic E-state index is 12.4. The molecule has 0 spiro atoms. The van der Waals surface area contributed by atoms with Crippen molar-refractivity contribution in [1.82, 2.24) is 14.5 Å². The average molecular weight is 448 g/mol. The molecule has 12 heteroatoms. The van der Waals surface area contributed by atoms with Crippen LogP contribution in [0.4, 0.5) is 0 Å². The van der Waals surface area contributed by atoms with Crippen LogP contribution in [0, 0.1) is 11.8 Å². The van der Waals surface area contributed by atoms with Crippen LogP contribution >= 0.6 is 11.8 Å². The number of amides is 1. The van der Waals surface area contributed by atoms with Gasteiger partial charge in [0.15, 0.2) is 0 Å². The Morgan fingerprint density at radius 2 is 2.17 bits per heavy atom. The van der Waals surface area contributed by atoms with Gasteiger partial charge in [-0.25, -0.2) is 4.79 Å². The maximum Gasteiger partial charge on any atom is 0.353 e. The van der Waals surface area contributed by atoms with Gasteiger partial charge in [-0.1, -0.05) is 6.92 Å². The zero-order chi connectivity index (χ0) is 21.1. The number of aliphatic hydroxyl groups is 1. The Kier molecular flexibility index (Phi) is 5.45. The number of nitrogens with zero attached hydrogens (tertiary/aromatic N) is 2. The number of nitrogens with one attached hydrogen (secondary N) is 1. The van der Waals surface area contributed by atoms with E-state index in [9.17, 15) is 28.2 Å². The van der Waals surface area contributed by atoms with Crippen molar-refractivity contribution in [3.63, 3.8) is 0 Å². The molecule has 4 aliphatic heterocycles. The molecule has 162 valence electrons. The second-order valence-electron chi connectivity index (χ2n) is 7.99. The van der Waals surface area contributed by atoms with Gasteiger partial charge < -0.3 is 20.4 Å². The van der Waals surface area contributed by atoms with E-state index in [0.29, 0.717) is 31.0 Å². The minimum atomic E-state index is -3.64. The number of thioether (sulfide) groups is 1. The summed E-state index contributed by atoms with van der Waals surface area (Å²) in [7, 11) is -3.64. The van der Waals surface area contributed by atoms with Gasteiger partial charge in [-0.2, -0.15) is 12.7 Å². The van der Waals surface area contributed by atoms with Crippen molar-refractivity contribution in [2.75, 3.05) is 26.2 Å². The van der Waals surface area contributed by atoms with Crippen molar-refractivity contribution in [3.8, 4) is 0 Å². The molecule has 1 amide bonds. The number of carbonyl (C=O) groups excluding carboxylic acids is 1. The number of aliphatic hydroxyl groups excluding tert-OH is 1. The van der Waals surface area contributed by atoms with E-state index < -0.39 is 28.3 Å². The molecular weight excluding hydrogens is 422 g/mol. The fourth-order valence-electron chi connectivity index (χ4n) is 4.73. The van der Waals surface area contributed by atoms with Crippen LogP contribution in [0.15, 0.2) is 10.6 Å². The molecule has 0 aromatic rings. The second kappa shape index (κ2) is 7.50. The van der Waals surface area contributed by atoms with E-state index in [4.69, 9.17) is 4.18 Å². The lowest BCUT2D eigenvalue weighted by Gasteiger charge is -2.46. The fraction of sp³-hybridized carbons (Fsp3) is 0.765. The van der Waals surface area contributed by atoms with Gasteiger partial charge in [0.1, 0.15) is 5.70 Å². The lowest BCUT2D eigenvalue weighted by Crippen LogP contribution is -2.63. The maximum atomic E-state index is 12.4. The molecule has 6 atom stereocenters. The first kappa shape index (κ1) is 21.1. The Labute approximate surface area is 173 Å². The van der Waals surface area contributed by atoms with Crippen LogP contribution in [0.3, 0.4) is 0 Å². The summed E-state index contributed by atoms with van der Waals surface area (Å²) in [6.07, 6.45) is -0.147. The molecule has 3 saturated heterocycles. The first-order chi connectivity index (χ1) is 13.6. The molecule has 3 fully saturated rings. The van der Waals surface area contributed by atoms with Crippen molar-refractivity contribution >= 4 is 33.9 Å². The van der Waals surface area contributed by atoms with Crippen LogP contribution in [0.5, 0.6) is 0 Å². The van der Waals surface area contributed by atoms with Crippen molar-refractivity contribution in [2.24, 2.45) is 11.8 Å². The second-order valence-corrected chi connectivity index (χ2v) is 10.9. The highest BCUT2D eigenvalue weighted by Gasteiger charge is 2.60. The van der Waals surface area contributed by atoms with Crippen molar-refractivity contribution in [2.45, 2.75) is 43.7 Å². The molecule has 0 radical (unpaired) electrons. The first-order valence-electron chi connectivity index (χ1n) is 9.65. The van der Waals surface area contributed by atoms with Crippen LogP contribution in [-0.2, 0) is 24.1 Å². The van der Waals surface area contributed by atoms with E-state index in [1.807, 2.05) is 6.92 Å². The van der Waals surface area contributed by atoms with Gasteiger partial charge in [0, 0.05) is 41.7 Å². The molecule has 4 rings (SSSR count). The van der Waals surface area contributed by atoms with Crippen LogP contribution < -0.4 is 5.32 Å². The molecule has 0 unspecified atom stereocenters. The predicted octanol–water partition coefficient (Wildman–Crippen LogP) is -0.819. The zero-order valence-electron chi connectivity index (χ0n) is 16.1. The number of rotatable bonds is 6. The smallest absolute Gasteiger partial charge is 0.353 e. The molecular formula is C17H25N3O7S2. The number of hydrogen-bond acceptors (Lipinski definition) is 8. The number of carbonyl (C=O) groups is 2. The lowest BCUT2D eigenvalue weighted by atomic mass is 9.79. The summed E-state index contributed by atoms with van der Waals surface area (Å²) in [5.74, 6) is -2.23. The third kappa shape index (κ3) is 3.49. The number of hydrogen-bond donors (Lipinski definition) is 3. The summed E-state index contributed by atoms with van der Waals surface area (Å²) in [5.41, 5.74) is 0.0216. The monoisotopic (exact) mass is 447 g/mol. The lowest BCUT2D eigenvalue weighted by molar-refractivity contribution is -0.163. The van der Waals surface area contributed by atoms with E-state index in [2.05, 4.69) is 5.32 Å². The number of β-lactam (4-membered cyclic amide) rings is 1. The largest absolute Gasteiger partial charge is 0.477 e. The Hall–Kier alpha value is -1.18. The molecule has 0 aliphatic carbocycles. The zero-order valence-corrected chi connectivity index (χ0v) is 17.8. The first-order valence-corrected chi connectivity index (χ1v) is 11.9. The topological polar surface area (TPSA) is 136 Å². The minimum absolute atomic E-state index is 0.0216. The normalized spacial score (nSPS) is 37.7. The van der Waals surface area contributed by atoms with E-state index in [1.54, 1.807) is 6.92 Å². The van der Waals surface area contributed by atoms with Crippen molar-refractivity contribution in [3.05, 3.63) is 10.6 Å².